The zero-order valence-electron chi connectivity index (χ0n) is 17.1. The maximum atomic E-state index is 4.93. The minimum absolute atomic E-state index is 0.664. The summed E-state index contributed by atoms with van der Waals surface area (Å²) in [6.45, 7) is 14.6. The Labute approximate surface area is 168 Å². The van der Waals surface area contributed by atoms with Crippen molar-refractivity contribution in [3.8, 4) is 0 Å². The quantitative estimate of drug-likeness (QED) is 0.440. The molecule has 0 N–H and O–H groups in total. The molecule has 4 heteroatoms. The zero-order valence-corrected chi connectivity index (χ0v) is 19.7. The highest BCUT2D eigenvalue weighted by molar-refractivity contribution is 9.10. The molecular formula is C22H33BrN2Si. The molecule has 0 spiro atoms. The molecule has 3 rings (SSSR count). The van der Waals surface area contributed by atoms with E-state index in [2.05, 4.69) is 80.0 Å². The smallest absolute Gasteiger partial charge is 0.171 e. The zero-order chi connectivity index (χ0) is 19.1. The van der Waals surface area contributed by atoms with Crippen LogP contribution < -0.4 is 0 Å². The van der Waals surface area contributed by atoms with Gasteiger partial charge in [-0.2, -0.15) is 0 Å². The van der Waals surface area contributed by atoms with Crippen LogP contribution in [0.5, 0.6) is 0 Å². The monoisotopic (exact) mass is 432 g/mol. The van der Waals surface area contributed by atoms with Crippen LogP contribution in [0, 0.1) is 0 Å². The second-order valence-corrected chi connectivity index (χ2v) is 15.4. The van der Waals surface area contributed by atoms with Crippen molar-refractivity contribution in [1.29, 1.82) is 0 Å². The molecule has 142 valence electrons. The maximum absolute atomic E-state index is 4.93. The van der Waals surface area contributed by atoms with Crippen molar-refractivity contribution >= 4 is 40.8 Å². The van der Waals surface area contributed by atoms with Gasteiger partial charge in [-0.05, 0) is 69.9 Å². The number of halogens is 1. The van der Waals surface area contributed by atoms with Gasteiger partial charge in [0, 0.05) is 27.8 Å². The van der Waals surface area contributed by atoms with Crippen molar-refractivity contribution in [3.05, 3.63) is 34.6 Å². The lowest BCUT2D eigenvalue weighted by Gasteiger charge is -2.44. The standard InChI is InChI=1S/C22H33BrN2Si/c1-15(2)26(16(3)4,17(5)6)25-14-21(18-10-8-7-9-11-18)20-12-19(23)13-24-22(20)25/h10,12-17H,7-9,11H2,1-6H3. The summed E-state index contributed by atoms with van der Waals surface area (Å²) in [6.07, 6.45) is 12.0. The van der Waals surface area contributed by atoms with E-state index in [0.29, 0.717) is 16.6 Å². The molecule has 0 saturated carbocycles. The van der Waals surface area contributed by atoms with Crippen LogP contribution in [0.25, 0.3) is 16.6 Å². The van der Waals surface area contributed by atoms with Gasteiger partial charge in [0.2, 0.25) is 0 Å². The number of hydrogen-bond donors (Lipinski definition) is 0. The molecule has 1 aliphatic rings. The number of allylic oxidation sites excluding steroid dienone is 2. The molecule has 0 aromatic carbocycles. The van der Waals surface area contributed by atoms with Gasteiger partial charge in [0.05, 0.1) is 0 Å². The predicted octanol–water partition coefficient (Wildman–Crippen LogP) is 7.78. The Morgan fingerprint density at radius 1 is 1.04 bits per heavy atom. The Kier molecular flexibility index (Phi) is 5.83. The second kappa shape index (κ2) is 7.63. The molecule has 0 aliphatic heterocycles. The summed E-state index contributed by atoms with van der Waals surface area (Å²) in [6, 6.07) is 2.28. The van der Waals surface area contributed by atoms with Crippen LogP contribution in [0.1, 0.15) is 72.8 Å². The van der Waals surface area contributed by atoms with Crippen LogP contribution in [0.2, 0.25) is 16.6 Å². The lowest BCUT2D eigenvalue weighted by molar-refractivity contribution is 0.741. The molecule has 1 aliphatic carbocycles. The maximum Gasteiger partial charge on any atom is 0.171 e. The normalized spacial score (nSPS) is 16.2. The first kappa shape index (κ1) is 19.9. The first-order chi connectivity index (χ1) is 12.3. The summed E-state index contributed by atoms with van der Waals surface area (Å²) in [4.78, 5) is 4.93. The van der Waals surface area contributed by atoms with Gasteiger partial charge >= 0.3 is 0 Å². The molecule has 2 nitrogen and oxygen atoms in total. The Balaban J connectivity index is 2.34. The highest BCUT2D eigenvalue weighted by Crippen LogP contribution is 2.46. The molecule has 2 heterocycles. The van der Waals surface area contributed by atoms with E-state index >= 15 is 0 Å². The van der Waals surface area contributed by atoms with E-state index < -0.39 is 8.24 Å². The van der Waals surface area contributed by atoms with Gasteiger partial charge in [-0.25, -0.2) is 4.98 Å². The van der Waals surface area contributed by atoms with Crippen molar-refractivity contribution in [2.45, 2.75) is 83.8 Å². The van der Waals surface area contributed by atoms with E-state index in [1.807, 2.05) is 6.20 Å². The minimum atomic E-state index is -1.82. The van der Waals surface area contributed by atoms with E-state index in [1.165, 1.54) is 47.9 Å². The van der Waals surface area contributed by atoms with Crippen LogP contribution in [0.15, 0.2) is 29.0 Å². The van der Waals surface area contributed by atoms with E-state index in [4.69, 9.17) is 4.98 Å². The molecular weight excluding hydrogens is 400 g/mol. The van der Waals surface area contributed by atoms with Crippen molar-refractivity contribution in [2.75, 3.05) is 0 Å². The second-order valence-electron chi connectivity index (χ2n) is 8.76. The summed E-state index contributed by atoms with van der Waals surface area (Å²) in [5.41, 5.74) is 6.13. The number of rotatable bonds is 5. The Bertz CT molecular complexity index is 795. The van der Waals surface area contributed by atoms with Crippen molar-refractivity contribution in [1.82, 2.24) is 9.22 Å². The molecule has 0 fully saturated rings. The van der Waals surface area contributed by atoms with Crippen molar-refractivity contribution in [2.24, 2.45) is 0 Å². The predicted molar refractivity (Wildman–Crippen MR) is 120 cm³/mol. The molecule has 0 atom stereocenters. The molecule has 0 bridgehead atoms. The van der Waals surface area contributed by atoms with E-state index in [1.54, 1.807) is 0 Å². The van der Waals surface area contributed by atoms with Crippen LogP contribution in [-0.2, 0) is 0 Å². The van der Waals surface area contributed by atoms with Crippen LogP contribution >= 0.6 is 15.9 Å². The SMILES string of the molecule is CC(C)[Si](C(C)C)(C(C)C)n1cc(C2=CCCCC2)c2cc(Br)cnc21. The summed E-state index contributed by atoms with van der Waals surface area (Å²) in [7, 11) is -1.82. The van der Waals surface area contributed by atoms with E-state index in [9.17, 15) is 0 Å². The molecule has 0 saturated heterocycles. The minimum Gasteiger partial charge on any atom is -0.358 e. The Morgan fingerprint density at radius 2 is 1.69 bits per heavy atom. The fourth-order valence-corrected chi connectivity index (χ4v) is 12.4. The van der Waals surface area contributed by atoms with Gasteiger partial charge in [-0.1, -0.05) is 47.6 Å². The van der Waals surface area contributed by atoms with Gasteiger partial charge in [0.1, 0.15) is 5.65 Å². The van der Waals surface area contributed by atoms with Gasteiger partial charge < -0.3 is 4.23 Å². The fraction of sp³-hybridized carbons (Fsp3) is 0.591. The largest absolute Gasteiger partial charge is 0.358 e. The highest BCUT2D eigenvalue weighted by Gasteiger charge is 2.46. The van der Waals surface area contributed by atoms with Gasteiger partial charge in [0.25, 0.3) is 0 Å². The molecule has 2 aromatic rings. The summed E-state index contributed by atoms with van der Waals surface area (Å²) in [5.74, 6) is 0. The molecule has 0 radical (unpaired) electrons. The van der Waals surface area contributed by atoms with Crippen molar-refractivity contribution in [3.63, 3.8) is 0 Å². The van der Waals surface area contributed by atoms with Gasteiger partial charge in [-0.3, -0.25) is 0 Å². The van der Waals surface area contributed by atoms with Crippen LogP contribution in [0.3, 0.4) is 0 Å². The Morgan fingerprint density at radius 3 is 2.23 bits per heavy atom. The number of nitrogens with zero attached hydrogens (tertiary/aromatic N) is 2. The number of aromatic nitrogens is 2. The average Bonchev–Trinajstić information content (AvgIpc) is 2.94. The summed E-state index contributed by atoms with van der Waals surface area (Å²) >= 11 is 3.66. The summed E-state index contributed by atoms with van der Waals surface area (Å²) in [5, 5.41) is 1.33. The first-order valence-electron chi connectivity index (χ1n) is 10.2. The van der Waals surface area contributed by atoms with Gasteiger partial charge in [0.15, 0.2) is 8.24 Å². The molecule has 0 unspecified atom stereocenters. The van der Waals surface area contributed by atoms with Crippen LogP contribution in [0.4, 0.5) is 0 Å². The van der Waals surface area contributed by atoms with Crippen molar-refractivity contribution < 1.29 is 0 Å². The number of fused-ring (bicyclic) bond motifs is 1. The van der Waals surface area contributed by atoms with Crippen LogP contribution in [-0.4, -0.2) is 17.5 Å². The molecule has 2 aromatic heterocycles. The third kappa shape index (κ3) is 3.13. The Hall–Kier alpha value is -0.873. The highest BCUT2D eigenvalue weighted by atomic mass is 79.9. The third-order valence-electron chi connectivity index (χ3n) is 6.44. The molecule has 0 amide bonds. The lowest BCUT2D eigenvalue weighted by Crippen LogP contribution is -2.51. The summed E-state index contributed by atoms with van der Waals surface area (Å²) < 4.78 is 3.74. The topological polar surface area (TPSA) is 17.8 Å². The lowest BCUT2D eigenvalue weighted by atomic mass is 9.94. The number of pyridine rings is 1. The third-order valence-corrected chi connectivity index (χ3v) is 13.6. The average molecular weight is 434 g/mol. The fourth-order valence-electron chi connectivity index (χ4n) is 5.55. The van der Waals surface area contributed by atoms with Gasteiger partial charge in [-0.15, -0.1) is 0 Å². The van der Waals surface area contributed by atoms with E-state index in [-0.39, 0.29) is 0 Å². The number of hydrogen-bond acceptors (Lipinski definition) is 1. The van der Waals surface area contributed by atoms with E-state index in [0.717, 1.165) is 4.47 Å². The molecule has 26 heavy (non-hydrogen) atoms. The first-order valence-corrected chi connectivity index (χ1v) is 13.1.